The van der Waals surface area contributed by atoms with Crippen LogP contribution in [0.25, 0.3) is 56.0 Å². The van der Waals surface area contributed by atoms with Gasteiger partial charge in [0.15, 0.2) is 5.82 Å². The summed E-state index contributed by atoms with van der Waals surface area (Å²) in [7, 11) is 0. The molecule has 0 aliphatic carbocycles. The van der Waals surface area contributed by atoms with Crippen LogP contribution in [0, 0.1) is 18.7 Å². The first-order chi connectivity index (χ1) is 18.4. The van der Waals surface area contributed by atoms with Gasteiger partial charge in [-0.05, 0) is 48.9 Å². The molecular formula is C28H23FN8O. The zero-order valence-corrected chi connectivity index (χ0v) is 20.9. The number of aryl methyl sites for hydroxylation is 1. The average molecular weight is 507 g/mol. The first kappa shape index (κ1) is 23.4. The summed E-state index contributed by atoms with van der Waals surface area (Å²) in [4.78, 5) is 33.6. The second kappa shape index (κ2) is 9.15. The van der Waals surface area contributed by atoms with Crippen molar-refractivity contribution in [1.29, 1.82) is 0 Å². The maximum atomic E-state index is 14.1. The summed E-state index contributed by atoms with van der Waals surface area (Å²) in [6.45, 7) is 5.51. The van der Waals surface area contributed by atoms with E-state index in [9.17, 15) is 9.18 Å². The van der Waals surface area contributed by atoms with Crippen LogP contribution < -0.4 is 5.32 Å². The first-order valence-electron chi connectivity index (χ1n) is 12.1. The number of aromatic nitrogens is 7. The Morgan fingerprint density at radius 3 is 2.66 bits per heavy atom. The highest BCUT2D eigenvalue weighted by Crippen LogP contribution is 2.32. The SMILES string of the molecule is Cc1cc(F)cc(-c2nccc3[nH]c(-c4n[nH]c5cnc(-c6cncc(NC(=O)C(C)C)c6)cc45)nc23)c1. The lowest BCUT2D eigenvalue weighted by Crippen LogP contribution is -2.17. The van der Waals surface area contributed by atoms with Crippen LogP contribution in [-0.4, -0.2) is 41.0 Å². The van der Waals surface area contributed by atoms with Crippen LogP contribution in [0.2, 0.25) is 0 Å². The number of hydrogen-bond acceptors (Lipinski definition) is 6. The maximum absolute atomic E-state index is 14.1. The summed E-state index contributed by atoms with van der Waals surface area (Å²) >= 11 is 0. The van der Waals surface area contributed by atoms with E-state index in [4.69, 9.17) is 4.98 Å². The van der Waals surface area contributed by atoms with Crippen molar-refractivity contribution in [1.82, 2.24) is 35.1 Å². The largest absolute Gasteiger partial charge is 0.336 e. The zero-order chi connectivity index (χ0) is 26.4. The number of H-pyrrole nitrogens is 2. The van der Waals surface area contributed by atoms with Gasteiger partial charge in [-0.25, -0.2) is 9.37 Å². The number of carbonyl (C=O) groups excluding carboxylic acids is 1. The quantitative estimate of drug-likeness (QED) is 0.277. The smallest absolute Gasteiger partial charge is 0.226 e. The molecule has 188 valence electrons. The van der Waals surface area contributed by atoms with Gasteiger partial charge in [0.05, 0.1) is 40.5 Å². The van der Waals surface area contributed by atoms with E-state index in [1.165, 1.54) is 12.1 Å². The molecule has 0 unspecified atom stereocenters. The van der Waals surface area contributed by atoms with E-state index in [0.29, 0.717) is 39.7 Å². The molecule has 0 aliphatic rings. The van der Waals surface area contributed by atoms with Gasteiger partial charge in [-0.2, -0.15) is 5.10 Å². The minimum Gasteiger partial charge on any atom is -0.336 e. The third-order valence-electron chi connectivity index (χ3n) is 6.21. The van der Waals surface area contributed by atoms with E-state index < -0.39 is 0 Å². The number of amides is 1. The lowest BCUT2D eigenvalue weighted by Gasteiger charge is -2.08. The maximum Gasteiger partial charge on any atom is 0.226 e. The number of nitrogens with zero attached hydrogens (tertiary/aromatic N) is 5. The van der Waals surface area contributed by atoms with Gasteiger partial charge in [-0.15, -0.1) is 0 Å². The normalized spacial score (nSPS) is 11.5. The summed E-state index contributed by atoms with van der Waals surface area (Å²) in [5.41, 5.74) is 6.78. The Morgan fingerprint density at radius 1 is 0.974 bits per heavy atom. The van der Waals surface area contributed by atoms with Crippen LogP contribution in [0.15, 0.2) is 61.2 Å². The van der Waals surface area contributed by atoms with Crippen molar-refractivity contribution in [2.45, 2.75) is 20.8 Å². The number of pyridine rings is 3. The van der Waals surface area contributed by atoms with Crippen LogP contribution in [0.4, 0.5) is 10.1 Å². The number of nitrogens with one attached hydrogen (secondary N) is 3. The third-order valence-corrected chi connectivity index (χ3v) is 6.21. The number of hydrogen-bond donors (Lipinski definition) is 3. The molecule has 0 spiro atoms. The van der Waals surface area contributed by atoms with Crippen molar-refractivity contribution in [2.24, 2.45) is 5.92 Å². The summed E-state index contributed by atoms with van der Waals surface area (Å²) in [5, 5.41) is 11.2. The predicted octanol–water partition coefficient (Wildman–Crippen LogP) is 5.67. The minimum atomic E-state index is -0.324. The van der Waals surface area contributed by atoms with Crippen LogP contribution in [0.5, 0.6) is 0 Å². The van der Waals surface area contributed by atoms with Gasteiger partial charge >= 0.3 is 0 Å². The van der Waals surface area contributed by atoms with E-state index in [0.717, 1.165) is 27.5 Å². The average Bonchev–Trinajstić information content (AvgIpc) is 3.51. The zero-order valence-electron chi connectivity index (χ0n) is 20.9. The van der Waals surface area contributed by atoms with E-state index in [1.807, 2.05) is 45.0 Å². The van der Waals surface area contributed by atoms with Gasteiger partial charge in [0, 0.05) is 34.8 Å². The first-order valence-corrected chi connectivity index (χ1v) is 12.1. The molecule has 0 aliphatic heterocycles. The Labute approximate surface area is 216 Å². The van der Waals surface area contributed by atoms with Crippen LogP contribution >= 0.6 is 0 Å². The molecule has 38 heavy (non-hydrogen) atoms. The molecule has 0 atom stereocenters. The van der Waals surface area contributed by atoms with E-state index >= 15 is 0 Å². The van der Waals surface area contributed by atoms with Gasteiger partial charge in [-0.3, -0.25) is 24.8 Å². The monoisotopic (exact) mass is 506 g/mol. The van der Waals surface area contributed by atoms with Crippen LogP contribution in [0.1, 0.15) is 19.4 Å². The van der Waals surface area contributed by atoms with Crippen molar-refractivity contribution in [3.8, 4) is 34.0 Å². The van der Waals surface area contributed by atoms with Crippen molar-refractivity contribution in [3.05, 3.63) is 72.6 Å². The Balaban J connectivity index is 1.42. The lowest BCUT2D eigenvalue weighted by atomic mass is 10.1. The van der Waals surface area contributed by atoms with E-state index in [-0.39, 0.29) is 17.6 Å². The fourth-order valence-corrected chi connectivity index (χ4v) is 4.32. The molecule has 5 aromatic heterocycles. The number of rotatable bonds is 5. The molecule has 6 rings (SSSR count). The molecule has 0 radical (unpaired) electrons. The Kier molecular flexibility index (Phi) is 5.64. The van der Waals surface area contributed by atoms with E-state index in [2.05, 4.69) is 35.5 Å². The summed E-state index contributed by atoms with van der Waals surface area (Å²) in [5.74, 6) is -0.0141. The highest BCUT2D eigenvalue weighted by atomic mass is 19.1. The second-order valence-corrected chi connectivity index (χ2v) is 9.45. The molecule has 9 nitrogen and oxygen atoms in total. The van der Waals surface area contributed by atoms with Crippen molar-refractivity contribution < 1.29 is 9.18 Å². The third kappa shape index (κ3) is 4.26. The molecule has 3 N–H and O–H groups in total. The number of benzene rings is 1. The number of carbonyl (C=O) groups is 1. The highest BCUT2D eigenvalue weighted by Gasteiger charge is 2.17. The van der Waals surface area contributed by atoms with Gasteiger partial charge in [0.25, 0.3) is 0 Å². The van der Waals surface area contributed by atoms with Gasteiger partial charge in [0.1, 0.15) is 17.0 Å². The molecule has 0 fully saturated rings. The molecule has 1 aromatic carbocycles. The Bertz CT molecular complexity index is 1820. The minimum absolute atomic E-state index is 0.0865. The molecular weight excluding hydrogens is 483 g/mol. The predicted molar refractivity (Wildman–Crippen MR) is 144 cm³/mol. The van der Waals surface area contributed by atoms with Crippen LogP contribution in [-0.2, 0) is 4.79 Å². The van der Waals surface area contributed by atoms with Gasteiger partial charge < -0.3 is 10.3 Å². The summed E-state index contributed by atoms with van der Waals surface area (Å²) < 4.78 is 14.1. The molecule has 0 bridgehead atoms. The van der Waals surface area contributed by atoms with E-state index in [1.54, 1.807) is 24.8 Å². The number of fused-ring (bicyclic) bond motifs is 2. The topological polar surface area (TPSA) is 125 Å². The number of halogens is 1. The molecule has 10 heteroatoms. The van der Waals surface area contributed by atoms with Crippen LogP contribution in [0.3, 0.4) is 0 Å². The molecule has 1 amide bonds. The number of anilines is 1. The standard InChI is InChI=1S/C28H23FN8O/c1-14(2)28(38)33-19-9-17(11-30-12-19)22-10-20-23(13-32-22)36-37-25(20)27-34-21-4-5-31-24(26(21)35-27)16-6-15(3)7-18(29)8-16/h4-14H,1-3H3,(H,33,38)(H,34,35)(H,36,37). The second-order valence-electron chi connectivity index (χ2n) is 9.45. The Morgan fingerprint density at radius 2 is 1.84 bits per heavy atom. The fourth-order valence-electron chi connectivity index (χ4n) is 4.32. The van der Waals surface area contributed by atoms with Crippen molar-refractivity contribution >= 4 is 33.5 Å². The van der Waals surface area contributed by atoms with Crippen molar-refractivity contribution in [2.75, 3.05) is 5.32 Å². The molecule has 6 aromatic rings. The highest BCUT2D eigenvalue weighted by molar-refractivity contribution is 5.97. The number of imidazole rings is 1. The summed E-state index contributed by atoms with van der Waals surface area (Å²) in [6, 6.07) is 10.4. The van der Waals surface area contributed by atoms with Gasteiger partial charge in [-0.1, -0.05) is 13.8 Å². The molecule has 0 saturated heterocycles. The van der Waals surface area contributed by atoms with Gasteiger partial charge in [0.2, 0.25) is 5.91 Å². The van der Waals surface area contributed by atoms with Crippen molar-refractivity contribution in [3.63, 3.8) is 0 Å². The fraction of sp³-hybridized carbons (Fsp3) is 0.143. The Hall–Kier alpha value is -4.99. The number of aromatic amines is 2. The lowest BCUT2D eigenvalue weighted by molar-refractivity contribution is -0.118. The summed E-state index contributed by atoms with van der Waals surface area (Å²) in [6.07, 6.45) is 6.67. The molecule has 5 heterocycles. The molecule has 0 saturated carbocycles.